The van der Waals surface area contributed by atoms with Gasteiger partial charge < -0.3 is 14.6 Å². The second-order valence-electron chi connectivity index (χ2n) is 5.20. The van der Waals surface area contributed by atoms with E-state index in [-0.39, 0.29) is 16.9 Å². The summed E-state index contributed by atoms with van der Waals surface area (Å²) < 4.78 is 7.23. The minimum Gasteiger partial charge on any atom is -0.494 e. The van der Waals surface area contributed by atoms with Gasteiger partial charge in [-0.3, -0.25) is 9.59 Å². The number of aryl methyl sites for hydroxylation is 1. The molecule has 0 bridgehead atoms. The van der Waals surface area contributed by atoms with Gasteiger partial charge in [0, 0.05) is 19.8 Å². The molecule has 5 heteroatoms. The van der Waals surface area contributed by atoms with Crippen LogP contribution in [0, 0.1) is 0 Å². The van der Waals surface area contributed by atoms with Gasteiger partial charge in [0.05, 0.1) is 17.5 Å². The molecule has 1 aromatic heterocycles. The fourth-order valence-electron chi connectivity index (χ4n) is 2.36. The molecule has 0 fully saturated rings. The van der Waals surface area contributed by atoms with Crippen molar-refractivity contribution in [3.63, 3.8) is 0 Å². The summed E-state index contributed by atoms with van der Waals surface area (Å²) in [6, 6.07) is 5.36. The Hall–Kier alpha value is -2.30. The van der Waals surface area contributed by atoms with Gasteiger partial charge >= 0.3 is 0 Å². The number of hydrogen-bond donors (Lipinski definition) is 1. The number of unbranched alkanes of at least 4 members (excludes halogenated alkanes) is 1. The molecular weight excluding hydrogens is 280 g/mol. The molecule has 118 valence electrons. The van der Waals surface area contributed by atoms with Gasteiger partial charge in [0.2, 0.25) is 5.43 Å². The lowest BCUT2D eigenvalue weighted by Crippen LogP contribution is -2.30. The third-order valence-electron chi connectivity index (χ3n) is 3.53. The summed E-state index contributed by atoms with van der Waals surface area (Å²) in [6.07, 6.45) is 3.48. The largest absolute Gasteiger partial charge is 0.494 e. The molecule has 22 heavy (non-hydrogen) atoms. The fraction of sp³-hybridized carbons (Fsp3) is 0.412. The number of benzene rings is 1. The summed E-state index contributed by atoms with van der Waals surface area (Å²) in [5.74, 6) is 0.313. The number of ether oxygens (including phenoxy) is 1. The van der Waals surface area contributed by atoms with Crippen molar-refractivity contribution in [2.45, 2.75) is 26.7 Å². The van der Waals surface area contributed by atoms with Gasteiger partial charge in [-0.2, -0.15) is 0 Å². The van der Waals surface area contributed by atoms with Crippen molar-refractivity contribution >= 4 is 16.8 Å². The van der Waals surface area contributed by atoms with Crippen LogP contribution < -0.4 is 15.5 Å². The maximum Gasteiger partial charge on any atom is 0.256 e. The monoisotopic (exact) mass is 302 g/mol. The first-order valence-electron chi connectivity index (χ1n) is 7.62. The van der Waals surface area contributed by atoms with E-state index in [1.807, 2.05) is 26.1 Å². The number of carbonyl (C=O) groups excluding carboxylic acids is 1. The number of hydrogen-bond acceptors (Lipinski definition) is 3. The molecule has 5 nitrogen and oxygen atoms in total. The molecule has 0 atom stereocenters. The summed E-state index contributed by atoms with van der Waals surface area (Å²) >= 11 is 0. The smallest absolute Gasteiger partial charge is 0.256 e. The standard InChI is InChI=1S/C17H22N2O3/c1-4-6-9-18-17(21)14-11-19(3)15-8-7-12(22-5-2)10-13(15)16(14)20/h7-8,10-11H,4-6,9H2,1-3H3,(H,18,21). The van der Waals surface area contributed by atoms with Gasteiger partial charge in [0.15, 0.2) is 0 Å². The van der Waals surface area contributed by atoms with Crippen LogP contribution in [0.5, 0.6) is 5.75 Å². The molecule has 0 aliphatic carbocycles. The molecule has 0 saturated heterocycles. The third kappa shape index (κ3) is 3.30. The van der Waals surface area contributed by atoms with E-state index < -0.39 is 0 Å². The minimum absolute atomic E-state index is 0.166. The SMILES string of the molecule is CCCCNC(=O)c1cn(C)c2ccc(OCC)cc2c1=O. The number of rotatable bonds is 6. The van der Waals surface area contributed by atoms with Crippen LogP contribution in [0.15, 0.2) is 29.2 Å². The summed E-state index contributed by atoms with van der Waals surface area (Å²) in [7, 11) is 1.82. The second kappa shape index (κ2) is 7.11. The normalized spacial score (nSPS) is 10.7. The first kappa shape index (κ1) is 16.1. The minimum atomic E-state index is -0.322. The van der Waals surface area contributed by atoms with E-state index in [2.05, 4.69) is 12.2 Å². The zero-order valence-corrected chi connectivity index (χ0v) is 13.3. The third-order valence-corrected chi connectivity index (χ3v) is 3.53. The molecular formula is C17H22N2O3. The van der Waals surface area contributed by atoms with E-state index in [4.69, 9.17) is 4.74 Å². The van der Waals surface area contributed by atoms with E-state index in [0.29, 0.717) is 24.3 Å². The number of carbonyl (C=O) groups is 1. The van der Waals surface area contributed by atoms with Gasteiger partial charge in [-0.1, -0.05) is 13.3 Å². The van der Waals surface area contributed by atoms with E-state index in [1.54, 1.807) is 16.8 Å². The molecule has 1 N–H and O–H groups in total. The Kier molecular flexibility index (Phi) is 5.20. The quantitative estimate of drug-likeness (QED) is 0.834. The maximum absolute atomic E-state index is 12.6. The van der Waals surface area contributed by atoms with Gasteiger partial charge in [0.1, 0.15) is 11.3 Å². The Morgan fingerprint density at radius 3 is 2.77 bits per heavy atom. The highest BCUT2D eigenvalue weighted by Crippen LogP contribution is 2.18. The first-order chi connectivity index (χ1) is 10.6. The summed E-state index contributed by atoms with van der Waals surface area (Å²) in [5, 5.41) is 3.29. The Labute approximate surface area is 129 Å². The number of nitrogens with zero attached hydrogens (tertiary/aromatic N) is 1. The molecule has 0 aliphatic heterocycles. The van der Waals surface area contributed by atoms with Gasteiger partial charge in [-0.25, -0.2) is 0 Å². The van der Waals surface area contributed by atoms with Crippen LogP contribution >= 0.6 is 0 Å². The highest BCUT2D eigenvalue weighted by molar-refractivity contribution is 5.97. The number of nitrogens with one attached hydrogen (secondary N) is 1. The molecule has 1 aromatic carbocycles. The van der Waals surface area contributed by atoms with Crippen molar-refractivity contribution in [1.82, 2.24) is 9.88 Å². The van der Waals surface area contributed by atoms with Crippen LogP contribution in [-0.2, 0) is 7.05 Å². The van der Waals surface area contributed by atoms with Crippen LogP contribution in [0.2, 0.25) is 0 Å². The van der Waals surface area contributed by atoms with E-state index in [9.17, 15) is 9.59 Å². The van der Waals surface area contributed by atoms with Crippen LogP contribution in [0.1, 0.15) is 37.0 Å². The molecule has 2 rings (SSSR count). The lowest BCUT2D eigenvalue weighted by molar-refractivity contribution is 0.0951. The maximum atomic E-state index is 12.6. The van der Waals surface area contributed by atoms with Crippen LogP contribution in [-0.4, -0.2) is 23.6 Å². The van der Waals surface area contributed by atoms with Crippen molar-refractivity contribution < 1.29 is 9.53 Å². The number of fused-ring (bicyclic) bond motifs is 1. The Morgan fingerprint density at radius 2 is 2.09 bits per heavy atom. The van der Waals surface area contributed by atoms with E-state index in [1.165, 1.54) is 0 Å². The summed E-state index contributed by atoms with van der Waals surface area (Å²) in [4.78, 5) is 24.8. The predicted octanol–water partition coefficient (Wildman–Crippen LogP) is 2.47. The van der Waals surface area contributed by atoms with E-state index >= 15 is 0 Å². The topological polar surface area (TPSA) is 60.3 Å². The lowest BCUT2D eigenvalue weighted by Gasteiger charge is -2.11. The average Bonchev–Trinajstić information content (AvgIpc) is 2.51. The molecule has 0 unspecified atom stereocenters. The van der Waals surface area contributed by atoms with Crippen molar-refractivity contribution in [3.05, 3.63) is 40.2 Å². The van der Waals surface area contributed by atoms with Crippen molar-refractivity contribution in [2.75, 3.05) is 13.2 Å². The number of amides is 1. The van der Waals surface area contributed by atoms with Crippen LogP contribution in [0.25, 0.3) is 10.9 Å². The first-order valence-corrected chi connectivity index (χ1v) is 7.62. The number of aromatic nitrogens is 1. The molecule has 1 heterocycles. The van der Waals surface area contributed by atoms with Crippen molar-refractivity contribution in [3.8, 4) is 5.75 Å². The van der Waals surface area contributed by atoms with Gasteiger partial charge in [0.25, 0.3) is 5.91 Å². The second-order valence-corrected chi connectivity index (χ2v) is 5.20. The molecule has 0 aliphatic rings. The Balaban J connectivity index is 2.45. The predicted molar refractivity (Wildman–Crippen MR) is 87.6 cm³/mol. The van der Waals surface area contributed by atoms with Crippen LogP contribution in [0.4, 0.5) is 0 Å². The Morgan fingerprint density at radius 1 is 1.32 bits per heavy atom. The van der Waals surface area contributed by atoms with E-state index in [0.717, 1.165) is 18.4 Å². The zero-order chi connectivity index (χ0) is 16.1. The highest BCUT2D eigenvalue weighted by atomic mass is 16.5. The molecule has 0 spiro atoms. The summed E-state index contributed by atoms with van der Waals surface area (Å²) in [6.45, 7) is 5.05. The summed E-state index contributed by atoms with van der Waals surface area (Å²) in [5.41, 5.74) is 0.682. The van der Waals surface area contributed by atoms with Gasteiger partial charge in [-0.15, -0.1) is 0 Å². The Bertz CT molecular complexity index is 734. The highest BCUT2D eigenvalue weighted by Gasteiger charge is 2.14. The zero-order valence-electron chi connectivity index (χ0n) is 13.3. The van der Waals surface area contributed by atoms with Crippen molar-refractivity contribution in [2.24, 2.45) is 7.05 Å². The molecule has 1 amide bonds. The number of pyridine rings is 1. The lowest BCUT2D eigenvalue weighted by atomic mass is 10.1. The van der Waals surface area contributed by atoms with Gasteiger partial charge in [-0.05, 0) is 31.5 Å². The van der Waals surface area contributed by atoms with Crippen molar-refractivity contribution in [1.29, 1.82) is 0 Å². The molecule has 2 aromatic rings. The average molecular weight is 302 g/mol. The molecule has 0 saturated carbocycles. The van der Waals surface area contributed by atoms with Crippen LogP contribution in [0.3, 0.4) is 0 Å². The molecule has 0 radical (unpaired) electrons. The fourth-order valence-corrected chi connectivity index (χ4v) is 2.36.